The van der Waals surface area contributed by atoms with Crippen LogP contribution in [0.25, 0.3) is 0 Å². The van der Waals surface area contributed by atoms with Crippen LogP contribution in [-0.2, 0) is 18.4 Å². The van der Waals surface area contributed by atoms with Gasteiger partial charge in [0, 0.05) is 31.4 Å². The van der Waals surface area contributed by atoms with Crippen molar-refractivity contribution in [3.8, 4) is 0 Å². The van der Waals surface area contributed by atoms with Crippen LogP contribution in [0.3, 0.4) is 0 Å². The molecule has 1 rings (SSSR count). The first kappa shape index (κ1) is 12.7. The number of hydrogen-bond donors (Lipinski definition) is 3. The zero-order chi connectivity index (χ0) is 12.3. The monoisotopic (exact) mass is 225 g/mol. The molecule has 6 heteroatoms. The van der Waals surface area contributed by atoms with Gasteiger partial charge in [-0.3, -0.25) is 9.48 Å². The summed E-state index contributed by atoms with van der Waals surface area (Å²) in [6.07, 6.45) is 0. The third-order valence-electron chi connectivity index (χ3n) is 2.69. The predicted octanol–water partition coefficient (Wildman–Crippen LogP) is -1.06. The average Bonchev–Trinajstić information content (AvgIpc) is 2.44. The lowest BCUT2D eigenvalue weighted by molar-refractivity contribution is -0.119. The molecule has 16 heavy (non-hydrogen) atoms. The van der Waals surface area contributed by atoms with Gasteiger partial charge < -0.3 is 16.8 Å². The third kappa shape index (κ3) is 2.80. The fourth-order valence-corrected chi connectivity index (χ4v) is 1.53. The molecule has 0 aromatic carbocycles. The van der Waals surface area contributed by atoms with Crippen molar-refractivity contribution in [3.05, 3.63) is 17.0 Å². The largest absolute Gasteiger partial charge is 0.368 e. The highest BCUT2D eigenvalue weighted by Gasteiger charge is 2.11. The molecule has 0 aliphatic heterocycles. The van der Waals surface area contributed by atoms with E-state index in [0.29, 0.717) is 13.1 Å². The highest BCUT2D eigenvalue weighted by molar-refractivity contribution is 5.79. The van der Waals surface area contributed by atoms with E-state index in [1.807, 2.05) is 25.6 Å². The Bertz CT molecular complexity index is 385. The summed E-state index contributed by atoms with van der Waals surface area (Å²) in [5, 5.41) is 7.40. The summed E-state index contributed by atoms with van der Waals surface area (Å²) in [6, 6.07) is -0.641. The number of aromatic nitrogens is 2. The van der Waals surface area contributed by atoms with Gasteiger partial charge in [0.25, 0.3) is 0 Å². The van der Waals surface area contributed by atoms with Gasteiger partial charge in [0.05, 0.1) is 11.7 Å². The zero-order valence-electron chi connectivity index (χ0n) is 9.95. The first-order valence-corrected chi connectivity index (χ1v) is 5.18. The van der Waals surface area contributed by atoms with E-state index in [4.69, 9.17) is 11.5 Å². The minimum Gasteiger partial charge on any atom is -0.368 e. The van der Waals surface area contributed by atoms with Crippen molar-refractivity contribution < 1.29 is 4.79 Å². The molecule has 1 heterocycles. The molecule has 0 bridgehead atoms. The van der Waals surface area contributed by atoms with Crippen LogP contribution in [0.5, 0.6) is 0 Å². The van der Waals surface area contributed by atoms with Crippen LogP contribution < -0.4 is 16.8 Å². The normalized spacial score (nSPS) is 12.8. The summed E-state index contributed by atoms with van der Waals surface area (Å²) in [5.74, 6) is -0.493. The molecule has 0 saturated carbocycles. The van der Waals surface area contributed by atoms with Gasteiger partial charge in [0.2, 0.25) is 5.91 Å². The van der Waals surface area contributed by atoms with Gasteiger partial charge in [0.15, 0.2) is 0 Å². The molecule has 1 aromatic rings. The maximum atomic E-state index is 10.7. The second-order valence-corrected chi connectivity index (χ2v) is 3.91. The van der Waals surface area contributed by atoms with Crippen LogP contribution >= 0.6 is 0 Å². The third-order valence-corrected chi connectivity index (χ3v) is 2.69. The second kappa shape index (κ2) is 5.09. The lowest BCUT2D eigenvalue weighted by Gasteiger charge is -2.09. The lowest BCUT2D eigenvalue weighted by atomic mass is 10.2. The molecule has 0 fully saturated rings. The SMILES string of the molecule is Cc1nn(C)c(C)c1CNCC(N)C(N)=O. The minimum atomic E-state index is -0.641. The fourth-order valence-electron chi connectivity index (χ4n) is 1.53. The van der Waals surface area contributed by atoms with Gasteiger partial charge in [-0.05, 0) is 13.8 Å². The number of carbonyl (C=O) groups is 1. The van der Waals surface area contributed by atoms with E-state index < -0.39 is 11.9 Å². The number of nitrogens with two attached hydrogens (primary N) is 2. The first-order valence-electron chi connectivity index (χ1n) is 5.18. The van der Waals surface area contributed by atoms with E-state index in [9.17, 15) is 4.79 Å². The van der Waals surface area contributed by atoms with E-state index in [1.165, 1.54) is 0 Å². The van der Waals surface area contributed by atoms with Gasteiger partial charge in [0.1, 0.15) is 0 Å². The maximum absolute atomic E-state index is 10.7. The summed E-state index contributed by atoms with van der Waals surface area (Å²) in [7, 11) is 1.90. The maximum Gasteiger partial charge on any atom is 0.235 e. The molecule has 0 saturated heterocycles. The van der Waals surface area contributed by atoms with E-state index in [1.54, 1.807) is 0 Å². The van der Waals surface area contributed by atoms with E-state index in [0.717, 1.165) is 17.0 Å². The average molecular weight is 225 g/mol. The first-order chi connectivity index (χ1) is 7.43. The van der Waals surface area contributed by atoms with Gasteiger partial charge in [-0.2, -0.15) is 5.10 Å². The van der Waals surface area contributed by atoms with E-state index in [-0.39, 0.29) is 0 Å². The van der Waals surface area contributed by atoms with Gasteiger partial charge in [-0.15, -0.1) is 0 Å². The van der Waals surface area contributed by atoms with Crippen molar-refractivity contribution in [2.75, 3.05) is 6.54 Å². The Morgan fingerprint density at radius 2 is 2.19 bits per heavy atom. The fraction of sp³-hybridized carbons (Fsp3) is 0.600. The van der Waals surface area contributed by atoms with Crippen LogP contribution in [0.4, 0.5) is 0 Å². The standard InChI is InChI=1S/C10H19N5O/c1-6-8(7(2)15(3)14-6)4-13-5-9(11)10(12)16/h9,13H,4-5,11H2,1-3H3,(H2,12,16). The summed E-state index contributed by atoms with van der Waals surface area (Å²) >= 11 is 0. The van der Waals surface area contributed by atoms with Crippen LogP contribution in [0.15, 0.2) is 0 Å². The van der Waals surface area contributed by atoms with Crippen molar-refractivity contribution in [3.63, 3.8) is 0 Å². The van der Waals surface area contributed by atoms with Crippen molar-refractivity contribution in [2.45, 2.75) is 26.4 Å². The van der Waals surface area contributed by atoms with Crippen molar-refractivity contribution in [1.82, 2.24) is 15.1 Å². The Morgan fingerprint density at radius 1 is 1.56 bits per heavy atom. The smallest absolute Gasteiger partial charge is 0.235 e. The molecule has 90 valence electrons. The number of hydrogen-bond acceptors (Lipinski definition) is 4. The van der Waals surface area contributed by atoms with Crippen LogP contribution in [0.1, 0.15) is 17.0 Å². The second-order valence-electron chi connectivity index (χ2n) is 3.91. The Morgan fingerprint density at radius 3 is 2.62 bits per heavy atom. The molecular weight excluding hydrogens is 206 g/mol. The molecule has 0 radical (unpaired) electrons. The number of nitrogens with one attached hydrogen (secondary N) is 1. The zero-order valence-corrected chi connectivity index (χ0v) is 9.95. The number of amides is 1. The van der Waals surface area contributed by atoms with Gasteiger partial charge >= 0.3 is 0 Å². The Kier molecular flexibility index (Phi) is 4.03. The quantitative estimate of drug-likeness (QED) is 0.594. The summed E-state index contributed by atoms with van der Waals surface area (Å²) in [4.78, 5) is 10.7. The van der Waals surface area contributed by atoms with E-state index >= 15 is 0 Å². The molecule has 0 aliphatic carbocycles. The Labute approximate surface area is 95.0 Å². The molecule has 1 unspecified atom stereocenters. The molecule has 1 amide bonds. The topological polar surface area (TPSA) is 99.0 Å². The predicted molar refractivity (Wildman–Crippen MR) is 61.6 cm³/mol. The molecule has 0 spiro atoms. The van der Waals surface area contributed by atoms with Crippen LogP contribution in [0, 0.1) is 13.8 Å². The number of nitrogens with zero attached hydrogens (tertiary/aromatic N) is 2. The number of aryl methyl sites for hydroxylation is 2. The van der Waals surface area contributed by atoms with Crippen molar-refractivity contribution in [2.24, 2.45) is 18.5 Å². The highest BCUT2D eigenvalue weighted by atomic mass is 16.1. The molecular formula is C10H19N5O. The molecule has 1 aromatic heterocycles. The van der Waals surface area contributed by atoms with Gasteiger partial charge in [-0.25, -0.2) is 0 Å². The van der Waals surface area contributed by atoms with Crippen molar-refractivity contribution >= 4 is 5.91 Å². The van der Waals surface area contributed by atoms with Crippen LogP contribution in [-0.4, -0.2) is 28.3 Å². The molecule has 6 nitrogen and oxygen atoms in total. The summed E-state index contributed by atoms with van der Waals surface area (Å²) < 4.78 is 1.83. The minimum absolute atomic E-state index is 0.378. The highest BCUT2D eigenvalue weighted by Crippen LogP contribution is 2.10. The summed E-state index contributed by atoms with van der Waals surface area (Å²) in [5.41, 5.74) is 13.8. The number of carbonyl (C=O) groups excluding carboxylic acids is 1. The number of rotatable bonds is 5. The summed E-state index contributed by atoms with van der Waals surface area (Å²) in [6.45, 7) is 4.98. The molecule has 1 atom stereocenters. The Balaban J connectivity index is 2.52. The van der Waals surface area contributed by atoms with E-state index in [2.05, 4.69) is 10.4 Å². The molecule has 0 aliphatic rings. The lowest BCUT2D eigenvalue weighted by Crippen LogP contribution is -2.44. The Hall–Kier alpha value is -1.40. The van der Waals surface area contributed by atoms with Gasteiger partial charge in [-0.1, -0.05) is 0 Å². The van der Waals surface area contributed by atoms with Crippen molar-refractivity contribution in [1.29, 1.82) is 0 Å². The molecule has 5 N–H and O–H groups in total. The number of primary amides is 1. The van der Waals surface area contributed by atoms with Crippen LogP contribution in [0.2, 0.25) is 0 Å².